The number of carbonyl (C=O) groups is 2. The van der Waals surface area contributed by atoms with E-state index in [1.54, 1.807) is 24.3 Å². The Morgan fingerprint density at radius 3 is 2.35 bits per heavy atom. The standard InChI is InChI=1S/C25H20F3N3O2S/c26-17-9-11-18(12-10-17)29-25-31(14-13-16-5-1-2-6-19(16)27)23(32)15-22(34-25)24(33)30-21-8-4-3-7-20(21)28/h1-12,22H,13-15H2,(H,30,33)/t22-/m0/s1. The number of aliphatic imine (C=N–C) groups is 1. The molecule has 4 rings (SSSR count). The predicted octanol–water partition coefficient (Wildman–Crippen LogP) is 5.31. The fourth-order valence-corrected chi connectivity index (χ4v) is 4.52. The van der Waals surface area contributed by atoms with Crippen molar-refractivity contribution in [1.82, 2.24) is 4.90 Å². The molecule has 3 aromatic rings. The summed E-state index contributed by atoms with van der Waals surface area (Å²) in [7, 11) is 0. The van der Waals surface area contributed by atoms with Crippen molar-refractivity contribution in [3.05, 3.63) is 95.8 Å². The van der Waals surface area contributed by atoms with E-state index in [4.69, 9.17) is 0 Å². The van der Waals surface area contributed by atoms with Gasteiger partial charge in [-0.05, 0) is 54.4 Å². The van der Waals surface area contributed by atoms with Crippen LogP contribution in [0.15, 0.2) is 77.8 Å². The second-order valence-electron chi connectivity index (χ2n) is 7.54. The molecule has 1 atom stereocenters. The fraction of sp³-hybridized carbons (Fsp3) is 0.160. The summed E-state index contributed by atoms with van der Waals surface area (Å²) >= 11 is 1.05. The highest BCUT2D eigenvalue weighted by atomic mass is 32.2. The van der Waals surface area contributed by atoms with E-state index in [9.17, 15) is 22.8 Å². The molecule has 34 heavy (non-hydrogen) atoms. The third-order valence-electron chi connectivity index (χ3n) is 5.18. The van der Waals surface area contributed by atoms with Gasteiger partial charge in [-0.2, -0.15) is 0 Å². The molecular formula is C25H20F3N3O2S. The number of nitrogens with one attached hydrogen (secondary N) is 1. The molecule has 1 heterocycles. The number of para-hydroxylation sites is 1. The van der Waals surface area contributed by atoms with Gasteiger partial charge in [-0.1, -0.05) is 42.1 Å². The number of hydrogen-bond donors (Lipinski definition) is 1. The maximum Gasteiger partial charge on any atom is 0.238 e. The van der Waals surface area contributed by atoms with E-state index in [1.165, 1.54) is 53.4 Å². The molecule has 3 aromatic carbocycles. The Hall–Kier alpha value is -3.59. The highest BCUT2D eigenvalue weighted by Crippen LogP contribution is 2.30. The second kappa shape index (κ2) is 10.6. The average Bonchev–Trinajstić information content (AvgIpc) is 2.82. The number of hydrogen-bond acceptors (Lipinski definition) is 4. The zero-order chi connectivity index (χ0) is 24.1. The topological polar surface area (TPSA) is 61.8 Å². The van der Waals surface area contributed by atoms with Gasteiger partial charge in [0, 0.05) is 13.0 Å². The highest BCUT2D eigenvalue weighted by molar-refractivity contribution is 8.15. The van der Waals surface area contributed by atoms with Gasteiger partial charge in [0.05, 0.1) is 11.4 Å². The number of amides is 2. The third-order valence-corrected chi connectivity index (χ3v) is 6.37. The number of carbonyl (C=O) groups excluding carboxylic acids is 2. The summed E-state index contributed by atoms with van der Waals surface area (Å²) in [6, 6.07) is 17.4. The molecular weight excluding hydrogens is 463 g/mol. The van der Waals surface area contributed by atoms with E-state index in [0.29, 0.717) is 11.3 Å². The number of amidine groups is 1. The van der Waals surface area contributed by atoms with E-state index in [1.807, 2.05) is 0 Å². The first kappa shape index (κ1) is 23.6. The summed E-state index contributed by atoms with van der Waals surface area (Å²) in [4.78, 5) is 31.7. The third kappa shape index (κ3) is 5.66. The largest absolute Gasteiger partial charge is 0.323 e. The minimum Gasteiger partial charge on any atom is -0.323 e. The zero-order valence-corrected chi connectivity index (χ0v) is 18.7. The number of anilines is 1. The van der Waals surface area contributed by atoms with Gasteiger partial charge >= 0.3 is 0 Å². The Balaban J connectivity index is 1.57. The molecule has 0 unspecified atom stereocenters. The van der Waals surface area contributed by atoms with E-state index in [-0.39, 0.29) is 42.0 Å². The van der Waals surface area contributed by atoms with Gasteiger partial charge < -0.3 is 5.32 Å². The molecule has 1 saturated heterocycles. The average molecular weight is 484 g/mol. The van der Waals surface area contributed by atoms with Crippen LogP contribution in [0.1, 0.15) is 12.0 Å². The molecule has 174 valence electrons. The maximum atomic E-state index is 14.1. The first-order valence-electron chi connectivity index (χ1n) is 10.5. The number of benzene rings is 3. The zero-order valence-electron chi connectivity index (χ0n) is 17.9. The molecule has 0 radical (unpaired) electrons. The lowest BCUT2D eigenvalue weighted by atomic mass is 10.1. The lowest BCUT2D eigenvalue weighted by Crippen LogP contribution is -2.46. The van der Waals surface area contributed by atoms with Crippen molar-refractivity contribution in [2.45, 2.75) is 18.1 Å². The Morgan fingerprint density at radius 1 is 0.971 bits per heavy atom. The van der Waals surface area contributed by atoms with E-state index in [2.05, 4.69) is 10.3 Å². The Kier molecular flexibility index (Phi) is 7.32. The summed E-state index contributed by atoms with van der Waals surface area (Å²) in [5.41, 5.74) is 0.850. The summed E-state index contributed by atoms with van der Waals surface area (Å²) in [5, 5.41) is 1.89. The summed E-state index contributed by atoms with van der Waals surface area (Å²) < 4.78 is 41.4. The van der Waals surface area contributed by atoms with Crippen LogP contribution in [0, 0.1) is 17.5 Å². The molecule has 5 nitrogen and oxygen atoms in total. The lowest BCUT2D eigenvalue weighted by molar-refractivity contribution is -0.129. The van der Waals surface area contributed by atoms with Crippen molar-refractivity contribution in [3.63, 3.8) is 0 Å². The molecule has 9 heteroatoms. The molecule has 1 aliphatic heterocycles. The van der Waals surface area contributed by atoms with Crippen molar-refractivity contribution in [2.24, 2.45) is 4.99 Å². The van der Waals surface area contributed by atoms with Crippen molar-refractivity contribution < 1.29 is 22.8 Å². The first-order valence-corrected chi connectivity index (χ1v) is 11.4. The van der Waals surface area contributed by atoms with Crippen molar-refractivity contribution in [2.75, 3.05) is 11.9 Å². The lowest BCUT2D eigenvalue weighted by Gasteiger charge is -2.32. The van der Waals surface area contributed by atoms with Crippen LogP contribution in [0.4, 0.5) is 24.5 Å². The van der Waals surface area contributed by atoms with Crippen LogP contribution in [0.3, 0.4) is 0 Å². The molecule has 0 spiro atoms. The van der Waals surface area contributed by atoms with Crippen molar-refractivity contribution in [1.29, 1.82) is 0 Å². The minimum atomic E-state index is -0.851. The smallest absolute Gasteiger partial charge is 0.238 e. The van der Waals surface area contributed by atoms with Crippen molar-refractivity contribution in [3.8, 4) is 0 Å². The van der Waals surface area contributed by atoms with Gasteiger partial charge in [-0.25, -0.2) is 18.2 Å². The molecule has 1 fully saturated rings. The molecule has 0 aromatic heterocycles. The van der Waals surface area contributed by atoms with Crippen LogP contribution in [0.5, 0.6) is 0 Å². The summed E-state index contributed by atoms with van der Waals surface area (Å²) in [5.74, 6) is -2.31. The Bertz CT molecular complexity index is 1230. The van der Waals surface area contributed by atoms with Crippen LogP contribution in [0.2, 0.25) is 0 Å². The van der Waals surface area contributed by atoms with Crippen molar-refractivity contribution >= 4 is 40.1 Å². The number of nitrogens with zero attached hydrogens (tertiary/aromatic N) is 2. The van der Waals surface area contributed by atoms with Crippen LogP contribution < -0.4 is 5.32 Å². The maximum absolute atomic E-state index is 14.1. The molecule has 2 amide bonds. The predicted molar refractivity (Wildman–Crippen MR) is 126 cm³/mol. The minimum absolute atomic E-state index is 0.0135. The van der Waals surface area contributed by atoms with Crippen LogP contribution in [-0.4, -0.2) is 33.7 Å². The van der Waals surface area contributed by atoms with Gasteiger partial charge in [0.15, 0.2) is 5.17 Å². The molecule has 0 bridgehead atoms. The van der Waals surface area contributed by atoms with Gasteiger partial charge in [0.2, 0.25) is 11.8 Å². The summed E-state index contributed by atoms with van der Waals surface area (Å²) in [6.45, 7) is 0.147. The van der Waals surface area contributed by atoms with Gasteiger partial charge in [-0.15, -0.1) is 0 Å². The molecule has 0 saturated carbocycles. The SMILES string of the molecule is O=C(Nc1ccccc1F)[C@@H]1CC(=O)N(CCc2ccccc2F)C(=Nc2ccc(F)cc2)S1. The molecule has 1 N–H and O–H groups in total. The van der Waals surface area contributed by atoms with Crippen LogP contribution >= 0.6 is 11.8 Å². The van der Waals surface area contributed by atoms with E-state index in [0.717, 1.165) is 11.8 Å². The quantitative estimate of drug-likeness (QED) is 0.517. The number of rotatable bonds is 6. The summed E-state index contributed by atoms with van der Waals surface area (Å²) in [6.07, 6.45) is 0.109. The van der Waals surface area contributed by atoms with Crippen LogP contribution in [0.25, 0.3) is 0 Å². The highest BCUT2D eigenvalue weighted by Gasteiger charge is 2.36. The monoisotopic (exact) mass is 483 g/mol. The number of thioether (sulfide) groups is 1. The normalized spacial score (nSPS) is 17.1. The first-order chi connectivity index (χ1) is 16.4. The van der Waals surface area contributed by atoms with E-state index >= 15 is 0 Å². The molecule has 0 aliphatic carbocycles. The van der Waals surface area contributed by atoms with E-state index < -0.39 is 22.8 Å². The van der Waals surface area contributed by atoms with Gasteiger partial charge in [0.25, 0.3) is 0 Å². The Labute approximate surface area is 198 Å². The van der Waals surface area contributed by atoms with Crippen LogP contribution in [-0.2, 0) is 16.0 Å². The number of halogens is 3. The Morgan fingerprint density at radius 2 is 1.65 bits per heavy atom. The fourth-order valence-electron chi connectivity index (χ4n) is 3.40. The van der Waals surface area contributed by atoms with Gasteiger partial charge in [0.1, 0.15) is 22.7 Å². The second-order valence-corrected chi connectivity index (χ2v) is 8.71. The van der Waals surface area contributed by atoms with Gasteiger partial charge in [-0.3, -0.25) is 14.5 Å². The molecule has 1 aliphatic rings.